The van der Waals surface area contributed by atoms with Crippen LogP contribution in [0.15, 0.2) is 23.3 Å². The number of methoxy groups -OCH3 is 2. The zero-order valence-electron chi connectivity index (χ0n) is 11.8. The van der Waals surface area contributed by atoms with Gasteiger partial charge in [0, 0.05) is 12.0 Å². The van der Waals surface area contributed by atoms with Crippen molar-refractivity contribution in [3.8, 4) is 11.5 Å². The molecular weight excluding hydrogens is 294 g/mol. The third kappa shape index (κ3) is 5.27. The third-order valence-electron chi connectivity index (χ3n) is 2.59. The Hall–Kier alpha value is -2.35. The van der Waals surface area contributed by atoms with Crippen LogP contribution in [0.2, 0.25) is 0 Å². The van der Waals surface area contributed by atoms with E-state index in [0.717, 1.165) is 0 Å². The molecule has 0 fully saturated rings. The zero-order valence-corrected chi connectivity index (χ0v) is 12.6. The van der Waals surface area contributed by atoms with Crippen LogP contribution >= 0.6 is 12.2 Å². The molecule has 0 aromatic heterocycles. The average molecular weight is 311 g/mol. The molecule has 0 saturated carbocycles. The summed E-state index contributed by atoms with van der Waals surface area (Å²) in [6.45, 7) is 0. The van der Waals surface area contributed by atoms with E-state index in [1.807, 2.05) is 0 Å². The molecule has 21 heavy (non-hydrogen) atoms. The summed E-state index contributed by atoms with van der Waals surface area (Å²) in [6, 6.07) is 5.18. The van der Waals surface area contributed by atoms with Gasteiger partial charge in [0.1, 0.15) is 0 Å². The van der Waals surface area contributed by atoms with Crippen molar-refractivity contribution in [3.63, 3.8) is 0 Å². The molecule has 0 saturated heterocycles. The molecule has 114 valence electrons. The Labute approximate surface area is 127 Å². The molecule has 1 aromatic carbocycles. The monoisotopic (exact) mass is 311 g/mol. The van der Waals surface area contributed by atoms with Gasteiger partial charge < -0.3 is 20.3 Å². The second-order valence-electron chi connectivity index (χ2n) is 4.00. The number of aliphatic carboxylic acids is 1. The number of carbonyl (C=O) groups is 1. The van der Waals surface area contributed by atoms with Crippen molar-refractivity contribution in [1.29, 1.82) is 0 Å². The summed E-state index contributed by atoms with van der Waals surface area (Å²) < 4.78 is 10.4. The fourth-order valence-corrected chi connectivity index (χ4v) is 1.67. The fraction of sp³-hybridized carbons (Fsp3) is 0.308. The molecule has 8 heteroatoms. The van der Waals surface area contributed by atoms with Crippen molar-refractivity contribution in [2.24, 2.45) is 10.8 Å². The average Bonchev–Trinajstić information content (AvgIpc) is 2.46. The molecule has 0 aliphatic carbocycles. The minimum Gasteiger partial charge on any atom is -0.493 e. The number of nitrogens with one attached hydrogen (secondary N) is 1. The molecule has 1 rings (SSSR count). The second kappa shape index (κ2) is 8.05. The highest BCUT2D eigenvalue weighted by Crippen LogP contribution is 2.28. The minimum atomic E-state index is -0.918. The lowest BCUT2D eigenvalue weighted by molar-refractivity contribution is -0.136. The Kier molecular flexibility index (Phi) is 6.41. The number of rotatable bonds is 7. The van der Waals surface area contributed by atoms with Crippen LogP contribution in [0.25, 0.3) is 0 Å². The van der Waals surface area contributed by atoms with Gasteiger partial charge in [-0.1, -0.05) is 0 Å². The van der Waals surface area contributed by atoms with Crippen molar-refractivity contribution in [1.82, 2.24) is 5.43 Å². The topological polar surface area (TPSA) is 106 Å². The van der Waals surface area contributed by atoms with Gasteiger partial charge in [-0.25, -0.2) is 0 Å². The Morgan fingerprint density at radius 3 is 2.52 bits per heavy atom. The van der Waals surface area contributed by atoms with Crippen LogP contribution in [0, 0.1) is 0 Å². The highest BCUT2D eigenvalue weighted by Gasteiger charge is 2.11. The van der Waals surface area contributed by atoms with E-state index in [1.54, 1.807) is 18.2 Å². The lowest BCUT2D eigenvalue weighted by Gasteiger charge is -2.11. The quantitative estimate of drug-likeness (QED) is 0.393. The Bertz CT molecular complexity index is 560. The molecule has 0 unspecified atom stereocenters. The molecule has 0 aliphatic rings. The molecule has 4 N–H and O–H groups in total. The van der Waals surface area contributed by atoms with E-state index in [2.05, 4.69) is 22.7 Å². The zero-order chi connectivity index (χ0) is 15.8. The molecule has 1 aromatic rings. The Balaban J connectivity index is 3.09. The maximum absolute atomic E-state index is 10.7. The number of hydrogen-bond donors (Lipinski definition) is 3. The van der Waals surface area contributed by atoms with Gasteiger partial charge in [0.2, 0.25) is 0 Å². The van der Waals surface area contributed by atoms with Gasteiger partial charge in [-0.3, -0.25) is 10.2 Å². The second-order valence-corrected chi connectivity index (χ2v) is 4.44. The van der Waals surface area contributed by atoms with E-state index < -0.39 is 5.97 Å². The molecule has 0 radical (unpaired) electrons. The Morgan fingerprint density at radius 1 is 1.33 bits per heavy atom. The highest BCUT2D eigenvalue weighted by molar-refractivity contribution is 7.80. The van der Waals surface area contributed by atoms with Crippen LogP contribution in [-0.2, 0) is 4.79 Å². The SMILES string of the molecule is COc1ccc(/C(CCC(=O)O)=N/NC(N)=S)cc1OC. The van der Waals surface area contributed by atoms with Gasteiger partial charge >= 0.3 is 5.97 Å². The molecule has 7 nitrogen and oxygen atoms in total. The van der Waals surface area contributed by atoms with Crippen LogP contribution in [0.1, 0.15) is 18.4 Å². The van der Waals surface area contributed by atoms with Crippen LogP contribution in [0.3, 0.4) is 0 Å². The van der Waals surface area contributed by atoms with Crippen LogP contribution in [0.5, 0.6) is 11.5 Å². The molecule has 0 aliphatic heterocycles. The van der Waals surface area contributed by atoms with Gasteiger partial charge in [-0.2, -0.15) is 5.10 Å². The number of hydrogen-bond acceptors (Lipinski definition) is 5. The number of ether oxygens (including phenoxy) is 2. The smallest absolute Gasteiger partial charge is 0.303 e. The van der Waals surface area contributed by atoms with Crippen molar-refractivity contribution in [2.45, 2.75) is 12.8 Å². The number of nitrogens with zero attached hydrogens (tertiary/aromatic N) is 1. The first-order valence-corrected chi connectivity index (χ1v) is 6.45. The minimum absolute atomic E-state index is 0.00306. The number of nitrogens with two attached hydrogens (primary N) is 1. The predicted molar refractivity (Wildman–Crippen MR) is 82.9 cm³/mol. The van der Waals surface area contributed by atoms with E-state index in [-0.39, 0.29) is 18.0 Å². The summed E-state index contributed by atoms with van der Waals surface area (Å²) in [7, 11) is 3.05. The predicted octanol–water partition coefficient (Wildman–Crippen LogP) is 1.11. The fourth-order valence-electron chi connectivity index (χ4n) is 1.63. The maximum Gasteiger partial charge on any atom is 0.303 e. The summed E-state index contributed by atoms with van der Waals surface area (Å²) in [5.41, 5.74) is 8.99. The normalized spacial score (nSPS) is 10.9. The van der Waals surface area contributed by atoms with Crippen molar-refractivity contribution in [2.75, 3.05) is 14.2 Å². The lowest BCUT2D eigenvalue weighted by atomic mass is 10.1. The highest BCUT2D eigenvalue weighted by atomic mass is 32.1. The summed E-state index contributed by atoms with van der Waals surface area (Å²) in [5.74, 6) is 0.174. The lowest BCUT2D eigenvalue weighted by Crippen LogP contribution is -2.26. The van der Waals surface area contributed by atoms with E-state index in [9.17, 15) is 4.79 Å². The number of thiocarbonyl (C=S) groups is 1. The summed E-state index contributed by atoms with van der Waals surface area (Å²) in [4.78, 5) is 10.7. The van der Waals surface area contributed by atoms with Gasteiger partial charge in [0.25, 0.3) is 0 Å². The van der Waals surface area contributed by atoms with Gasteiger partial charge in [0.15, 0.2) is 16.6 Å². The standard InChI is InChI=1S/C13H17N3O4S/c1-19-10-5-3-8(7-11(10)20-2)9(4-6-12(17)18)15-16-13(14)21/h3,5,7H,4,6H2,1-2H3,(H,17,18)(H3,14,16,21)/b15-9+. The van der Waals surface area contributed by atoms with Crippen LogP contribution < -0.4 is 20.6 Å². The number of carboxylic acid groups (broad SMARTS) is 1. The number of carboxylic acids is 1. The number of hydrazone groups is 1. The molecule has 0 spiro atoms. The van der Waals surface area contributed by atoms with Gasteiger partial charge in [0.05, 0.1) is 26.4 Å². The first-order chi connectivity index (χ1) is 9.97. The van der Waals surface area contributed by atoms with E-state index in [4.69, 9.17) is 20.3 Å². The molecule has 0 amide bonds. The van der Waals surface area contributed by atoms with Gasteiger partial charge in [-0.05, 0) is 30.4 Å². The van der Waals surface area contributed by atoms with Crippen molar-refractivity contribution < 1.29 is 19.4 Å². The molecule has 0 atom stereocenters. The van der Waals surface area contributed by atoms with Crippen molar-refractivity contribution in [3.05, 3.63) is 23.8 Å². The first kappa shape index (κ1) is 16.7. The van der Waals surface area contributed by atoms with Crippen LogP contribution in [0.4, 0.5) is 0 Å². The Morgan fingerprint density at radius 2 is 2.00 bits per heavy atom. The summed E-state index contributed by atoms with van der Waals surface area (Å²) in [6.07, 6.45) is 0.159. The molecule has 0 bridgehead atoms. The first-order valence-electron chi connectivity index (χ1n) is 6.04. The van der Waals surface area contributed by atoms with Gasteiger partial charge in [-0.15, -0.1) is 0 Å². The van der Waals surface area contributed by atoms with E-state index >= 15 is 0 Å². The largest absolute Gasteiger partial charge is 0.493 e. The molecular formula is C13H17N3O4S. The van der Waals surface area contributed by atoms with Crippen molar-refractivity contribution >= 4 is 29.0 Å². The summed E-state index contributed by atoms with van der Waals surface area (Å²) >= 11 is 4.69. The maximum atomic E-state index is 10.7. The van der Waals surface area contributed by atoms with E-state index in [0.29, 0.717) is 22.8 Å². The molecule has 0 heterocycles. The van der Waals surface area contributed by atoms with Crippen LogP contribution in [-0.4, -0.2) is 36.1 Å². The summed E-state index contributed by atoms with van der Waals surface area (Å²) in [5, 5.41) is 12.8. The van der Waals surface area contributed by atoms with E-state index in [1.165, 1.54) is 14.2 Å². The number of benzene rings is 1. The third-order valence-corrected chi connectivity index (χ3v) is 2.68.